The van der Waals surface area contributed by atoms with Crippen molar-refractivity contribution >= 4 is 39.8 Å². The van der Waals surface area contributed by atoms with Gasteiger partial charge in [0.2, 0.25) is 5.78 Å². The second-order valence-electron chi connectivity index (χ2n) is 8.86. The van der Waals surface area contributed by atoms with Crippen LogP contribution in [0.2, 0.25) is 0 Å². The maximum atomic E-state index is 12.7. The fraction of sp³-hybridized carbons (Fsp3) is 0.375. The molecule has 0 fully saturated rings. The zero-order chi connectivity index (χ0) is 23.4. The van der Waals surface area contributed by atoms with Crippen LogP contribution in [-0.2, 0) is 32.7 Å². The summed E-state index contributed by atoms with van der Waals surface area (Å²) in [7, 11) is 3.75. The predicted molar refractivity (Wildman–Crippen MR) is 135 cm³/mol. The van der Waals surface area contributed by atoms with Crippen molar-refractivity contribution in [3.8, 4) is 10.7 Å². The van der Waals surface area contributed by atoms with Gasteiger partial charge in [0.05, 0.1) is 21.5 Å². The van der Waals surface area contributed by atoms with E-state index in [1.807, 2.05) is 47.1 Å². The summed E-state index contributed by atoms with van der Waals surface area (Å²) in [6, 6.07) is 9.89. The van der Waals surface area contributed by atoms with Crippen LogP contribution in [0.25, 0.3) is 27.4 Å². The predicted octanol–water partition coefficient (Wildman–Crippen LogP) is 4.25. The monoisotopic (exact) mass is 491 g/mol. The van der Waals surface area contributed by atoms with Crippen molar-refractivity contribution in [2.45, 2.75) is 43.5 Å². The van der Waals surface area contributed by atoms with Crippen molar-refractivity contribution < 1.29 is 0 Å². The number of para-hydroxylation sites is 1. The molecule has 174 valence electrons. The van der Waals surface area contributed by atoms with Crippen LogP contribution in [0.1, 0.15) is 36.0 Å². The van der Waals surface area contributed by atoms with E-state index in [1.54, 1.807) is 23.4 Å². The standard InChI is InChI=1S/C24H25N7OS2/c1-4-14-9-10-18-15(11-14)12-19(34-18)21-26-28-24(29(21)2)33-13-20-25-27-23-30(3)22(32)16-7-5-6-8-17(16)31(20)23/h5-8,12,14H,4,9-11,13H2,1-3H3. The Morgan fingerprint density at radius 2 is 1.97 bits per heavy atom. The number of thiophene rings is 1. The summed E-state index contributed by atoms with van der Waals surface area (Å²) >= 11 is 3.43. The van der Waals surface area contributed by atoms with Crippen LogP contribution in [0.5, 0.6) is 0 Å². The van der Waals surface area contributed by atoms with E-state index >= 15 is 0 Å². The minimum Gasteiger partial charge on any atom is -0.304 e. The number of aryl methyl sites for hydroxylation is 2. The van der Waals surface area contributed by atoms with Gasteiger partial charge >= 0.3 is 0 Å². The molecule has 34 heavy (non-hydrogen) atoms. The summed E-state index contributed by atoms with van der Waals surface area (Å²) in [5.74, 6) is 3.58. The Morgan fingerprint density at radius 1 is 1.12 bits per heavy atom. The molecule has 1 unspecified atom stereocenters. The molecule has 10 heteroatoms. The van der Waals surface area contributed by atoms with Crippen LogP contribution < -0.4 is 5.56 Å². The van der Waals surface area contributed by atoms with Gasteiger partial charge in [-0.05, 0) is 48.9 Å². The number of rotatable bonds is 5. The highest BCUT2D eigenvalue weighted by molar-refractivity contribution is 7.98. The molecule has 4 heterocycles. The van der Waals surface area contributed by atoms with E-state index in [1.165, 1.54) is 41.0 Å². The zero-order valence-corrected chi connectivity index (χ0v) is 21.0. The van der Waals surface area contributed by atoms with Gasteiger partial charge in [0.25, 0.3) is 5.56 Å². The summed E-state index contributed by atoms with van der Waals surface area (Å²) in [5, 5.41) is 19.2. The first-order valence-corrected chi connectivity index (χ1v) is 13.3. The Kier molecular flexibility index (Phi) is 5.29. The van der Waals surface area contributed by atoms with Gasteiger partial charge in [0.15, 0.2) is 11.0 Å². The SMILES string of the molecule is CCC1CCc2sc(-c3nnc(SCc4nnc5n(C)c(=O)c6ccccc6n45)n3C)cc2C1. The van der Waals surface area contributed by atoms with E-state index in [9.17, 15) is 4.79 Å². The van der Waals surface area contributed by atoms with Gasteiger partial charge in [-0.25, -0.2) is 0 Å². The normalized spacial score (nSPS) is 15.9. The lowest BCUT2D eigenvalue weighted by Crippen LogP contribution is -2.20. The van der Waals surface area contributed by atoms with Crippen molar-refractivity contribution in [1.29, 1.82) is 0 Å². The van der Waals surface area contributed by atoms with E-state index < -0.39 is 0 Å². The number of hydrogen-bond acceptors (Lipinski definition) is 7. The van der Waals surface area contributed by atoms with Crippen LogP contribution in [0.15, 0.2) is 40.3 Å². The molecule has 0 bridgehead atoms. The Balaban J connectivity index is 1.30. The molecule has 0 saturated heterocycles. The van der Waals surface area contributed by atoms with Crippen LogP contribution in [0.3, 0.4) is 0 Å². The van der Waals surface area contributed by atoms with E-state index in [-0.39, 0.29) is 5.56 Å². The number of benzene rings is 1. The Bertz CT molecular complexity index is 1590. The minimum atomic E-state index is -0.0726. The fourth-order valence-electron chi connectivity index (χ4n) is 4.83. The number of fused-ring (bicyclic) bond motifs is 4. The summed E-state index contributed by atoms with van der Waals surface area (Å²) in [6.07, 6.45) is 4.89. The van der Waals surface area contributed by atoms with Crippen molar-refractivity contribution in [1.82, 2.24) is 33.9 Å². The number of thioether (sulfide) groups is 1. The van der Waals surface area contributed by atoms with Gasteiger partial charge in [-0.3, -0.25) is 13.8 Å². The molecule has 0 spiro atoms. The topological polar surface area (TPSA) is 82.9 Å². The molecule has 1 atom stereocenters. The molecule has 5 aromatic rings. The van der Waals surface area contributed by atoms with Gasteiger partial charge in [-0.15, -0.1) is 31.7 Å². The number of nitrogens with zero attached hydrogens (tertiary/aromatic N) is 7. The van der Waals surface area contributed by atoms with Crippen molar-refractivity contribution in [2.24, 2.45) is 20.0 Å². The van der Waals surface area contributed by atoms with Crippen LogP contribution in [0, 0.1) is 5.92 Å². The van der Waals surface area contributed by atoms with Crippen molar-refractivity contribution in [3.05, 3.63) is 57.0 Å². The zero-order valence-electron chi connectivity index (χ0n) is 19.4. The van der Waals surface area contributed by atoms with Gasteiger partial charge in [-0.2, -0.15) is 0 Å². The fourth-order valence-corrected chi connectivity index (χ4v) is 6.88. The third kappa shape index (κ3) is 3.39. The maximum Gasteiger partial charge on any atom is 0.262 e. The number of hydrogen-bond donors (Lipinski definition) is 0. The molecular formula is C24H25N7OS2. The highest BCUT2D eigenvalue weighted by atomic mass is 32.2. The third-order valence-electron chi connectivity index (χ3n) is 6.84. The summed E-state index contributed by atoms with van der Waals surface area (Å²) in [6.45, 7) is 2.29. The Morgan fingerprint density at radius 3 is 2.82 bits per heavy atom. The van der Waals surface area contributed by atoms with Gasteiger partial charge in [0.1, 0.15) is 5.82 Å². The molecule has 0 aliphatic heterocycles. The van der Waals surface area contributed by atoms with E-state index in [2.05, 4.69) is 38.0 Å². The average Bonchev–Trinajstić information content (AvgIpc) is 3.57. The molecule has 0 saturated carbocycles. The smallest absolute Gasteiger partial charge is 0.262 e. The molecule has 1 aliphatic carbocycles. The highest BCUT2D eigenvalue weighted by Gasteiger charge is 2.23. The molecule has 6 rings (SSSR count). The first kappa shape index (κ1) is 21.5. The molecular weight excluding hydrogens is 466 g/mol. The second kappa shape index (κ2) is 8.35. The quantitative estimate of drug-likeness (QED) is 0.342. The molecule has 1 aromatic carbocycles. The third-order valence-corrected chi connectivity index (χ3v) is 9.09. The molecule has 0 radical (unpaired) electrons. The lowest BCUT2D eigenvalue weighted by Gasteiger charge is -2.19. The molecule has 4 aromatic heterocycles. The first-order valence-electron chi connectivity index (χ1n) is 11.5. The van der Waals surface area contributed by atoms with E-state index in [0.717, 1.165) is 28.2 Å². The summed E-state index contributed by atoms with van der Waals surface area (Å²) in [5.41, 5.74) is 2.23. The van der Waals surface area contributed by atoms with Crippen LogP contribution in [0.4, 0.5) is 0 Å². The van der Waals surface area contributed by atoms with Gasteiger partial charge in [0, 0.05) is 19.0 Å². The lowest BCUT2D eigenvalue weighted by molar-refractivity contribution is 0.449. The average molecular weight is 492 g/mol. The second-order valence-corrected chi connectivity index (χ2v) is 10.9. The van der Waals surface area contributed by atoms with Gasteiger partial charge in [-0.1, -0.05) is 37.2 Å². The summed E-state index contributed by atoms with van der Waals surface area (Å²) in [4.78, 5) is 15.4. The maximum absolute atomic E-state index is 12.7. The number of aromatic nitrogens is 7. The first-order chi connectivity index (χ1) is 16.5. The molecule has 1 aliphatic rings. The lowest BCUT2D eigenvalue weighted by atomic mass is 9.87. The highest BCUT2D eigenvalue weighted by Crippen LogP contribution is 2.38. The van der Waals surface area contributed by atoms with E-state index in [0.29, 0.717) is 16.9 Å². The largest absolute Gasteiger partial charge is 0.304 e. The minimum absolute atomic E-state index is 0.0726. The Hall–Kier alpha value is -2.98. The van der Waals surface area contributed by atoms with Gasteiger partial charge < -0.3 is 4.57 Å². The van der Waals surface area contributed by atoms with E-state index in [4.69, 9.17) is 0 Å². The summed E-state index contributed by atoms with van der Waals surface area (Å²) < 4.78 is 5.57. The Labute approximate surface area is 204 Å². The molecule has 0 amide bonds. The molecule has 8 nitrogen and oxygen atoms in total. The van der Waals surface area contributed by atoms with Crippen molar-refractivity contribution in [2.75, 3.05) is 0 Å². The molecule has 0 N–H and O–H groups in total. The van der Waals surface area contributed by atoms with Crippen molar-refractivity contribution in [3.63, 3.8) is 0 Å². The van der Waals surface area contributed by atoms with Crippen LogP contribution >= 0.6 is 23.1 Å². The van der Waals surface area contributed by atoms with Crippen LogP contribution in [-0.4, -0.2) is 33.9 Å².